The van der Waals surface area contributed by atoms with Gasteiger partial charge in [0.2, 0.25) is 0 Å². The van der Waals surface area contributed by atoms with E-state index in [0.717, 1.165) is 12.8 Å². The Bertz CT molecular complexity index is 435. The third-order valence-corrected chi connectivity index (χ3v) is 3.14. The van der Waals surface area contributed by atoms with Crippen molar-refractivity contribution in [2.75, 3.05) is 6.61 Å². The molecule has 0 amide bonds. The highest BCUT2D eigenvalue weighted by Gasteiger charge is 2.20. The number of halogens is 2. The van der Waals surface area contributed by atoms with Gasteiger partial charge in [-0.2, -0.15) is 0 Å². The number of rotatable bonds is 6. The van der Waals surface area contributed by atoms with Crippen molar-refractivity contribution in [1.82, 2.24) is 0 Å². The lowest BCUT2D eigenvalue weighted by atomic mass is 9.87. The first-order valence-corrected chi connectivity index (χ1v) is 6.13. The average molecular weight is 273 g/mol. The minimum Gasteiger partial charge on any atom is -0.493 e. The monoisotopic (exact) mass is 272 g/mol. The Morgan fingerprint density at radius 1 is 1.50 bits per heavy atom. The first-order valence-electron chi connectivity index (χ1n) is 5.75. The molecule has 0 saturated heterocycles. The van der Waals surface area contributed by atoms with Crippen molar-refractivity contribution < 1.29 is 9.13 Å². The van der Waals surface area contributed by atoms with E-state index in [1.165, 1.54) is 12.1 Å². The van der Waals surface area contributed by atoms with Gasteiger partial charge in [0.05, 0.1) is 17.5 Å². The summed E-state index contributed by atoms with van der Waals surface area (Å²) >= 11 is 5.57. The van der Waals surface area contributed by atoms with Crippen LogP contribution in [-0.2, 0) is 0 Å². The molecular weight excluding hydrogens is 255 g/mol. The molecule has 5 heteroatoms. The van der Waals surface area contributed by atoms with E-state index in [-0.39, 0.29) is 16.3 Å². The summed E-state index contributed by atoms with van der Waals surface area (Å²) in [5.74, 6) is 0.135. The summed E-state index contributed by atoms with van der Waals surface area (Å²) in [6.45, 7) is 4.28. The largest absolute Gasteiger partial charge is 0.493 e. The lowest BCUT2D eigenvalue weighted by molar-refractivity contribution is 0.285. The fraction of sp³-hybridized carbons (Fsp3) is 0.462. The summed E-state index contributed by atoms with van der Waals surface area (Å²) in [6.07, 6.45) is 1.50. The van der Waals surface area contributed by atoms with Gasteiger partial charge >= 0.3 is 0 Å². The Morgan fingerprint density at radius 3 is 2.72 bits per heavy atom. The second-order valence-corrected chi connectivity index (χ2v) is 5.23. The third kappa shape index (κ3) is 4.18. The molecule has 3 N–H and O–H groups in total. The molecule has 0 radical (unpaired) electrons. The van der Waals surface area contributed by atoms with Crippen LogP contribution >= 0.6 is 11.6 Å². The Hall–Kier alpha value is -1.29. The molecule has 1 aromatic carbocycles. The molecule has 0 heterocycles. The molecule has 0 fully saturated rings. The first-order chi connectivity index (χ1) is 8.33. The summed E-state index contributed by atoms with van der Waals surface area (Å²) in [6, 6.07) is 4.35. The number of nitrogens with one attached hydrogen (secondary N) is 1. The van der Waals surface area contributed by atoms with E-state index in [2.05, 4.69) is 0 Å². The van der Waals surface area contributed by atoms with Crippen LogP contribution in [-0.4, -0.2) is 12.4 Å². The molecule has 0 spiro atoms. The summed E-state index contributed by atoms with van der Waals surface area (Å²) < 4.78 is 18.5. The minimum absolute atomic E-state index is 0.0834. The topological polar surface area (TPSA) is 59.1 Å². The lowest BCUT2D eigenvalue weighted by Crippen LogP contribution is -2.31. The van der Waals surface area contributed by atoms with E-state index >= 15 is 0 Å². The van der Waals surface area contributed by atoms with E-state index in [4.69, 9.17) is 27.5 Å². The zero-order valence-electron chi connectivity index (χ0n) is 10.6. The highest BCUT2D eigenvalue weighted by atomic mass is 35.5. The van der Waals surface area contributed by atoms with Crippen LogP contribution in [0.2, 0.25) is 5.02 Å². The molecule has 1 aromatic rings. The molecular formula is C13H18ClFN2O. The molecule has 18 heavy (non-hydrogen) atoms. The number of hydrogen-bond acceptors (Lipinski definition) is 2. The predicted molar refractivity (Wildman–Crippen MR) is 71.8 cm³/mol. The van der Waals surface area contributed by atoms with Gasteiger partial charge in [-0.3, -0.25) is 5.41 Å². The van der Waals surface area contributed by atoms with Crippen molar-refractivity contribution in [1.29, 1.82) is 5.41 Å². The van der Waals surface area contributed by atoms with Gasteiger partial charge < -0.3 is 10.5 Å². The molecule has 100 valence electrons. The van der Waals surface area contributed by atoms with E-state index in [1.54, 1.807) is 6.07 Å². The molecule has 3 nitrogen and oxygen atoms in total. The Balaban J connectivity index is 2.38. The summed E-state index contributed by atoms with van der Waals surface area (Å²) in [5, 5.41) is 7.50. The van der Waals surface area contributed by atoms with Crippen molar-refractivity contribution in [2.45, 2.75) is 26.7 Å². The van der Waals surface area contributed by atoms with Crippen LogP contribution in [0.4, 0.5) is 4.39 Å². The van der Waals surface area contributed by atoms with E-state index in [9.17, 15) is 4.39 Å². The zero-order valence-corrected chi connectivity index (χ0v) is 11.4. The molecule has 0 unspecified atom stereocenters. The van der Waals surface area contributed by atoms with Gasteiger partial charge in [0.15, 0.2) is 0 Å². The number of ether oxygens (including phenoxy) is 1. The SMILES string of the molecule is CC(C)(CCCOc1ccc(Cl)c(F)c1)C(=N)N. The second kappa shape index (κ2) is 6.05. The van der Waals surface area contributed by atoms with Gasteiger partial charge in [-0.05, 0) is 25.0 Å². The molecule has 0 aliphatic rings. The van der Waals surface area contributed by atoms with Crippen LogP contribution in [0.5, 0.6) is 5.75 Å². The fourth-order valence-electron chi connectivity index (χ4n) is 1.41. The van der Waals surface area contributed by atoms with Crippen molar-refractivity contribution in [3.8, 4) is 5.75 Å². The smallest absolute Gasteiger partial charge is 0.145 e. The number of benzene rings is 1. The standard InChI is InChI=1S/C13H18ClFN2O/c1-13(2,12(16)17)6-3-7-18-9-4-5-10(14)11(15)8-9/h4-5,8H,3,6-7H2,1-2H3,(H3,16,17). The maximum atomic E-state index is 13.1. The average Bonchev–Trinajstić information content (AvgIpc) is 2.29. The van der Waals surface area contributed by atoms with Gasteiger partial charge in [0.1, 0.15) is 11.6 Å². The third-order valence-electron chi connectivity index (χ3n) is 2.84. The fourth-order valence-corrected chi connectivity index (χ4v) is 1.52. The Morgan fingerprint density at radius 2 is 2.17 bits per heavy atom. The molecule has 0 atom stereocenters. The van der Waals surface area contributed by atoms with Crippen LogP contribution in [0.3, 0.4) is 0 Å². The number of nitrogens with two attached hydrogens (primary N) is 1. The van der Waals surface area contributed by atoms with Crippen molar-refractivity contribution in [3.05, 3.63) is 29.0 Å². The Labute approximate surface area is 112 Å². The quantitative estimate of drug-likeness (QED) is 0.472. The Kier molecular flexibility index (Phi) is 4.96. The number of hydrogen-bond donors (Lipinski definition) is 2. The lowest BCUT2D eigenvalue weighted by Gasteiger charge is -2.22. The van der Waals surface area contributed by atoms with E-state index < -0.39 is 5.82 Å². The molecule has 0 aliphatic heterocycles. The van der Waals surface area contributed by atoms with Gasteiger partial charge in [0, 0.05) is 11.5 Å². The molecule has 0 bridgehead atoms. The van der Waals surface area contributed by atoms with Crippen molar-refractivity contribution in [3.63, 3.8) is 0 Å². The van der Waals surface area contributed by atoms with Gasteiger partial charge in [-0.1, -0.05) is 25.4 Å². The van der Waals surface area contributed by atoms with Crippen molar-refractivity contribution in [2.24, 2.45) is 11.1 Å². The highest BCUT2D eigenvalue weighted by Crippen LogP contribution is 2.23. The molecule has 0 aromatic heterocycles. The normalized spacial score (nSPS) is 11.3. The molecule has 0 saturated carbocycles. The van der Waals surface area contributed by atoms with Crippen LogP contribution in [0.1, 0.15) is 26.7 Å². The number of amidine groups is 1. The zero-order chi connectivity index (χ0) is 13.8. The van der Waals surface area contributed by atoms with E-state index in [1.807, 2.05) is 13.8 Å². The molecule has 1 rings (SSSR count). The predicted octanol–water partition coefficient (Wildman–Crippen LogP) is 3.60. The van der Waals surface area contributed by atoms with Crippen LogP contribution < -0.4 is 10.5 Å². The maximum Gasteiger partial charge on any atom is 0.145 e. The summed E-state index contributed by atoms with van der Waals surface area (Å²) in [5.41, 5.74) is 5.15. The minimum atomic E-state index is -0.488. The van der Waals surface area contributed by atoms with Gasteiger partial charge in [-0.25, -0.2) is 4.39 Å². The maximum absolute atomic E-state index is 13.1. The summed E-state index contributed by atoms with van der Waals surface area (Å²) in [4.78, 5) is 0. The summed E-state index contributed by atoms with van der Waals surface area (Å²) in [7, 11) is 0. The highest BCUT2D eigenvalue weighted by molar-refractivity contribution is 6.30. The van der Waals surface area contributed by atoms with Gasteiger partial charge in [0.25, 0.3) is 0 Å². The second-order valence-electron chi connectivity index (χ2n) is 4.83. The van der Waals surface area contributed by atoms with Crippen molar-refractivity contribution >= 4 is 17.4 Å². The van der Waals surface area contributed by atoms with E-state index in [0.29, 0.717) is 12.4 Å². The van der Waals surface area contributed by atoms with Gasteiger partial charge in [-0.15, -0.1) is 0 Å². The van der Waals surface area contributed by atoms with Crippen LogP contribution in [0.15, 0.2) is 18.2 Å². The first kappa shape index (κ1) is 14.8. The molecule has 0 aliphatic carbocycles. The van der Waals surface area contributed by atoms with Crippen LogP contribution in [0.25, 0.3) is 0 Å². The van der Waals surface area contributed by atoms with Crippen LogP contribution in [0, 0.1) is 16.6 Å².